The highest BCUT2D eigenvalue weighted by molar-refractivity contribution is 7.13. The third-order valence-corrected chi connectivity index (χ3v) is 5.68. The standard InChI is InChI=1S/C26H23N3O3S/c1-18-12-14-21(15-13-18)28-24(30)23(20-10-6-3-7-11-20)32-25(31)22-17-33-26(29-22)27-16-19-8-4-2-5-9-19/h2-15,17,23H,16H2,1H3,(H,27,29)(H,28,30). The van der Waals surface area contributed by atoms with E-state index in [2.05, 4.69) is 15.6 Å². The first kappa shape index (κ1) is 22.2. The highest BCUT2D eigenvalue weighted by Crippen LogP contribution is 2.24. The van der Waals surface area contributed by atoms with Crippen LogP contribution in [0, 0.1) is 6.92 Å². The van der Waals surface area contributed by atoms with E-state index in [9.17, 15) is 9.59 Å². The molecule has 0 aliphatic carbocycles. The Hall–Kier alpha value is -3.97. The van der Waals surface area contributed by atoms with Gasteiger partial charge in [-0.2, -0.15) is 0 Å². The van der Waals surface area contributed by atoms with Crippen molar-refractivity contribution in [1.82, 2.24) is 4.98 Å². The highest BCUT2D eigenvalue weighted by atomic mass is 32.1. The van der Waals surface area contributed by atoms with Crippen LogP contribution in [0.2, 0.25) is 0 Å². The summed E-state index contributed by atoms with van der Waals surface area (Å²) < 4.78 is 5.62. The van der Waals surface area contributed by atoms with E-state index >= 15 is 0 Å². The maximum absolute atomic E-state index is 13.0. The van der Waals surface area contributed by atoms with Gasteiger partial charge in [0.05, 0.1) is 0 Å². The molecule has 0 fully saturated rings. The van der Waals surface area contributed by atoms with Gasteiger partial charge in [0.25, 0.3) is 5.91 Å². The number of nitrogens with one attached hydrogen (secondary N) is 2. The lowest BCUT2D eigenvalue weighted by Gasteiger charge is -2.17. The number of aryl methyl sites for hydroxylation is 1. The second-order valence-corrected chi connectivity index (χ2v) is 8.29. The number of nitrogens with zero attached hydrogens (tertiary/aromatic N) is 1. The molecule has 0 aliphatic rings. The lowest BCUT2D eigenvalue weighted by molar-refractivity contribution is -0.125. The summed E-state index contributed by atoms with van der Waals surface area (Å²) in [5, 5.41) is 8.25. The summed E-state index contributed by atoms with van der Waals surface area (Å²) in [6, 6.07) is 26.3. The number of anilines is 2. The maximum atomic E-state index is 13.0. The summed E-state index contributed by atoms with van der Waals surface area (Å²) in [4.78, 5) is 30.2. The van der Waals surface area contributed by atoms with Crippen LogP contribution < -0.4 is 10.6 Å². The summed E-state index contributed by atoms with van der Waals surface area (Å²) in [5.74, 6) is -1.09. The molecule has 166 valence electrons. The highest BCUT2D eigenvalue weighted by Gasteiger charge is 2.27. The summed E-state index contributed by atoms with van der Waals surface area (Å²) in [6.07, 6.45) is -1.11. The fourth-order valence-corrected chi connectivity index (χ4v) is 3.81. The molecule has 1 unspecified atom stereocenters. The van der Waals surface area contributed by atoms with Crippen LogP contribution in [0.3, 0.4) is 0 Å². The van der Waals surface area contributed by atoms with Crippen molar-refractivity contribution < 1.29 is 14.3 Å². The Labute approximate surface area is 196 Å². The fourth-order valence-electron chi connectivity index (χ4n) is 3.14. The molecule has 0 radical (unpaired) electrons. The van der Waals surface area contributed by atoms with Crippen molar-refractivity contribution in [3.05, 3.63) is 113 Å². The van der Waals surface area contributed by atoms with Crippen LogP contribution in [0.4, 0.5) is 10.8 Å². The van der Waals surface area contributed by atoms with E-state index in [-0.39, 0.29) is 5.69 Å². The largest absolute Gasteiger partial charge is 0.443 e. The summed E-state index contributed by atoms with van der Waals surface area (Å²) in [6.45, 7) is 2.56. The van der Waals surface area contributed by atoms with Crippen molar-refractivity contribution in [2.75, 3.05) is 10.6 Å². The lowest BCUT2D eigenvalue weighted by Crippen LogP contribution is -2.26. The molecule has 2 N–H and O–H groups in total. The number of esters is 1. The van der Waals surface area contributed by atoms with E-state index < -0.39 is 18.0 Å². The van der Waals surface area contributed by atoms with Crippen molar-refractivity contribution in [2.45, 2.75) is 19.6 Å². The van der Waals surface area contributed by atoms with Gasteiger partial charge in [0.2, 0.25) is 6.10 Å². The smallest absolute Gasteiger partial charge is 0.359 e. The van der Waals surface area contributed by atoms with Gasteiger partial charge in [-0.3, -0.25) is 4.79 Å². The topological polar surface area (TPSA) is 80.3 Å². The Kier molecular flexibility index (Phi) is 7.12. The molecule has 33 heavy (non-hydrogen) atoms. The lowest BCUT2D eigenvalue weighted by atomic mass is 10.1. The number of thiazole rings is 1. The molecule has 7 heteroatoms. The van der Waals surface area contributed by atoms with Crippen LogP contribution in [-0.4, -0.2) is 16.9 Å². The number of amides is 1. The van der Waals surface area contributed by atoms with Gasteiger partial charge in [0.15, 0.2) is 10.8 Å². The summed E-state index contributed by atoms with van der Waals surface area (Å²) >= 11 is 1.31. The number of carbonyl (C=O) groups is 2. The van der Waals surface area contributed by atoms with E-state index in [1.807, 2.05) is 67.6 Å². The van der Waals surface area contributed by atoms with Crippen molar-refractivity contribution in [3.63, 3.8) is 0 Å². The first-order valence-corrected chi connectivity index (χ1v) is 11.3. The SMILES string of the molecule is Cc1ccc(NC(=O)C(OC(=O)c2csc(NCc3ccccc3)n2)c2ccccc2)cc1. The van der Waals surface area contributed by atoms with Gasteiger partial charge in [0.1, 0.15) is 0 Å². The Morgan fingerprint density at radius 3 is 2.30 bits per heavy atom. The van der Waals surface area contributed by atoms with Crippen LogP contribution in [0.5, 0.6) is 0 Å². The van der Waals surface area contributed by atoms with Gasteiger partial charge in [-0.15, -0.1) is 11.3 Å². The van der Waals surface area contributed by atoms with Crippen LogP contribution in [-0.2, 0) is 16.1 Å². The van der Waals surface area contributed by atoms with Gasteiger partial charge in [0, 0.05) is 23.2 Å². The Morgan fingerprint density at radius 1 is 0.939 bits per heavy atom. The molecule has 3 aromatic carbocycles. The number of hydrogen-bond acceptors (Lipinski definition) is 6. The number of rotatable bonds is 8. The van der Waals surface area contributed by atoms with Crippen LogP contribution in [0.1, 0.15) is 33.3 Å². The number of ether oxygens (including phenoxy) is 1. The summed E-state index contributed by atoms with van der Waals surface area (Å²) in [7, 11) is 0. The van der Waals surface area contributed by atoms with E-state index in [0.29, 0.717) is 22.9 Å². The van der Waals surface area contributed by atoms with Gasteiger partial charge >= 0.3 is 5.97 Å². The third-order valence-electron chi connectivity index (χ3n) is 4.88. The van der Waals surface area contributed by atoms with Gasteiger partial charge in [-0.1, -0.05) is 78.4 Å². The average molecular weight is 458 g/mol. The van der Waals surface area contributed by atoms with E-state index in [1.54, 1.807) is 29.6 Å². The zero-order valence-electron chi connectivity index (χ0n) is 18.0. The number of hydrogen-bond donors (Lipinski definition) is 2. The molecular formula is C26H23N3O3S. The minimum absolute atomic E-state index is 0.152. The van der Waals surface area contributed by atoms with Crippen molar-refractivity contribution in [1.29, 1.82) is 0 Å². The van der Waals surface area contributed by atoms with Crippen molar-refractivity contribution in [3.8, 4) is 0 Å². The minimum atomic E-state index is -1.11. The number of benzene rings is 3. The van der Waals surface area contributed by atoms with Gasteiger partial charge in [-0.05, 0) is 24.6 Å². The molecular weight excluding hydrogens is 434 g/mol. The molecule has 0 bridgehead atoms. The van der Waals surface area contributed by atoms with Gasteiger partial charge < -0.3 is 15.4 Å². The average Bonchev–Trinajstić information content (AvgIpc) is 3.33. The van der Waals surface area contributed by atoms with Crippen LogP contribution in [0.15, 0.2) is 90.3 Å². The molecule has 4 rings (SSSR count). The van der Waals surface area contributed by atoms with E-state index in [0.717, 1.165) is 11.1 Å². The molecule has 0 saturated heterocycles. The Morgan fingerprint density at radius 2 is 1.61 bits per heavy atom. The van der Waals surface area contributed by atoms with Crippen LogP contribution in [0.25, 0.3) is 0 Å². The Balaban J connectivity index is 1.45. The minimum Gasteiger partial charge on any atom is -0.443 e. The molecule has 0 aliphatic heterocycles. The molecule has 6 nitrogen and oxygen atoms in total. The second-order valence-electron chi connectivity index (χ2n) is 7.43. The molecule has 1 heterocycles. The van der Waals surface area contributed by atoms with E-state index in [1.165, 1.54) is 11.3 Å². The predicted octanol–water partition coefficient (Wildman–Crippen LogP) is 5.60. The first-order chi connectivity index (χ1) is 16.1. The van der Waals surface area contributed by atoms with Crippen molar-refractivity contribution >= 4 is 34.0 Å². The van der Waals surface area contributed by atoms with E-state index in [4.69, 9.17) is 4.74 Å². The third kappa shape index (κ3) is 6.05. The Bertz CT molecular complexity index is 1210. The zero-order chi connectivity index (χ0) is 23.0. The predicted molar refractivity (Wildman–Crippen MR) is 130 cm³/mol. The maximum Gasteiger partial charge on any atom is 0.359 e. The molecule has 0 saturated carbocycles. The zero-order valence-corrected chi connectivity index (χ0v) is 18.8. The normalized spacial score (nSPS) is 11.4. The summed E-state index contributed by atoms with van der Waals surface area (Å²) in [5.41, 5.74) is 3.55. The molecule has 1 atom stereocenters. The monoisotopic (exact) mass is 457 g/mol. The van der Waals surface area contributed by atoms with Crippen molar-refractivity contribution in [2.24, 2.45) is 0 Å². The van der Waals surface area contributed by atoms with Crippen LogP contribution >= 0.6 is 11.3 Å². The molecule has 0 spiro atoms. The number of aromatic nitrogens is 1. The second kappa shape index (κ2) is 10.6. The molecule has 1 aromatic heterocycles. The van der Waals surface area contributed by atoms with Gasteiger partial charge in [-0.25, -0.2) is 9.78 Å². The molecule has 1 amide bonds. The molecule has 4 aromatic rings. The quantitative estimate of drug-likeness (QED) is 0.337. The number of carbonyl (C=O) groups excluding carboxylic acids is 2. The fraction of sp³-hybridized carbons (Fsp3) is 0.115. The first-order valence-electron chi connectivity index (χ1n) is 10.5.